The first-order chi connectivity index (χ1) is 7.09. The molecule has 0 radical (unpaired) electrons. The van der Waals surface area contributed by atoms with Crippen LogP contribution in [0.15, 0.2) is 12.4 Å². The van der Waals surface area contributed by atoms with E-state index in [1.807, 2.05) is 31.7 Å². The predicted molar refractivity (Wildman–Crippen MR) is 58.6 cm³/mol. The number of carbonyl (C=O) groups excluding carboxylic acids is 1. The second-order valence-corrected chi connectivity index (χ2v) is 3.76. The van der Waals surface area contributed by atoms with Crippen molar-refractivity contribution in [1.82, 2.24) is 20.2 Å². The van der Waals surface area contributed by atoms with Gasteiger partial charge in [0.05, 0.1) is 0 Å². The molecule has 1 rings (SSSR count). The maximum absolute atomic E-state index is 11.2. The molecule has 1 aromatic rings. The van der Waals surface area contributed by atoms with E-state index in [0.717, 1.165) is 12.2 Å². The van der Waals surface area contributed by atoms with Gasteiger partial charge in [0.2, 0.25) is 0 Å². The molecule has 15 heavy (non-hydrogen) atoms. The number of rotatable bonds is 4. The fourth-order valence-corrected chi connectivity index (χ4v) is 1.24. The molecule has 0 aliphatic rings. The molecule has 0 saturated carbocycles. The lowest BCUT2D eigenvalue weighted by Gasteiger charge is -2.09. The molecule has 0 saturated heterocycles. The molecule has 0 aliphatic carbocycles. The molecule has 0 unspecified atom stereocenters. The number of aromatic nitrogens is 2. The van der Waals surface area contributed by atoms with E-state index in [0.29, 0.717) is 6.54 Å². The predicted octanol–water partition coefficient (Wildman–Crippen LogP) is 0.670. The van der Waals surface area contributed by atoms with Gasteiger partial charge in [0, 0.05) is 38.4 Å². The minimum Gasteiger partial charge on any atom is -0.338 e. The van der Waals surface area contributed by atoms with Gasteiger partial charge in [-0.25, -0.2) is 9.78 Å². The van der Waals surface area contributed by atoms with E-state index in [1.165, 1.54) is 0 Å². The van der Waals surface area contributed by atoms with Crippen molar-refractivity contribution >= 4 is 6.03 Å². The van der Waals surface area contributed by atoms with Gasteiger partial charge in [-0.15, -0.1) is 0 Å². The Hall–Kier alpha value is -1.52. The number of hydrogen-bond acceptors (Lipinski definition) is 2. The summed E-state index contributed by atoms with van der Waals surface area (Å²) in [7, 11) is 1.94. The van der Waals surface area contributed by atoms with Crippen molar-refractivity contribution in [1.29, 1.82) is 0 Å². The lowest BCUT2D eigenvalue weighted by atomic mass is 10.4. The SMILES string of the molecule is CC(C)NC(=O)NCCc1nccn1C. The van der Waals surface area contributed by atoms with Crippen molar-refractivity contribution in [2.45, 2.75) is 26.3 Å². The lowest BCUT2D eigenvalue weighted by Crippen LogP contribution is -2.40. The lowest BCUT2D eigenvalue weighted by molar-refractivity contribution is 0.238. The minimum atomic E-state index is -0.126. The van der Waals surface area contributed by atoms with E-state index in [9.17, 15) is 4.79 Å². The van der Waals surface area contributed by atoms with Crippen molar-refractivity contribution in [2.75, 3.05) is 6.54 Å². The van der Waals surface area contributed by atoms with Crippen LogP contribution in [0.3, 0.4) is 0 Å². The average molecular weight is 210 g/mol. The van der Waals surface area contributed by atoms with Gasteiger partial charge in [-0.05, 0) is 13.8 Å². The molecule has 0 spiro atoms. The molecule has 0 bridgehead atoms. The maximum atomic E-state index is 11.2. The molecule has 2 amide bonds. The van der Waals surface area contributed by atoms with Gasteiger partial charge in [-0.1, -0.05) is 0 Å². The zero-order valence-corrected chi connectivity index (χ0v) is 9.45. The third kappa shape index (κ3) is 4.01. The van der Waals surface area contributed by atoms with E-state index in [-0.39, 0.29) is 12.1 Å². The average Bonchev–Trinajstić information content (AvgIpc) is 2.50. The molecule has 1 heterocycles. The summed E-state index contributed by atoms with van der Waals surface area (Å²) >= 11 is 0. The monoisotopic (exact) mass is 210 g/mol. The van der Waals surface area contributed by atoms with E-state index >= 15 is 0 Å². The maximum Gasteiger partial charge on any atom is 0.314 e. The molecule has 0 aromatic carbocycles. The van der Waals surface area contributed by atoms with Crippen LogP contribution in [0, 0.1) is 0 Å². The number of aryl methyl sites for hydroxylation is 1. The molecular weight excluding hydrogens is 192 g/mol. The quantitative estimate of drug-likeness (QED) is 0.767. The summed E-state index contributed by atoms with van der Waals surface area (Å²) in [5.41, 5.74) is 0. The Kier molecular flexibility index (Phi) is 4.15. The fourth-order valence-electron chi connectivity index (χ4n) is 1.24. The van der Waals surface area contributed by atoms with Gasteiger partial charge in [0.1, 0.15) is 5.82 Å². The topological polar surface area (TPSA) is 59.0 Å². The first kappa shape index (κ1) is 11.6. The first-order valence-electron chi connectivity index (χ1n) is 5.10. The largest absolute Gasteiger partial charge is 0.338 e. The third-order valence-corrected chi connectivity index (χ3v) is 1.97. The molecular formula is C10H18N4O. The van der Waals surface area contributed by atoms with E-state index in [1.54, 1.807) is 6.20 Å². The Bertz CT molecular complexity index is 319. The fraction of sp³-hybridized carbons (Fsp3) is 0.600. The van der Waals surface area contributed by atoms with Gasteiger partial charge >= 0.3 is 6.03 Å². The Morgan fingerprint density at radius 2 is 2.33 bits per heavy atom. The molecule has 1 aromatic heterocycles. The number of urea groups is 1. The summed E-state index contributed by atoms with van der Waals surface area (Å²) in [4.78, 5) is 15.4. The van der Waals surface area contributed by atoms with Crippen molar-refractivity contribution < 1.29 is 4.79 Å². The van der Waals surface area contributed by atoms with E-state index in [4.69, 9.17) is 0 Å². The highest BCUT2D eigenvalue weighted by atomic mass is 16.2. The van der Waals surface area contributed by atoms with Crippen LogP contribution in [-0.2, 0) is 13.5 Å². The zero-order valence-electron chi connectivity index (χ0n) is 9.45. The van der Waals surface area contributed by atoms with Crippen LogP contribution >= 0.6 is 0 Å². The Labute approximate surface area is 89.9 Å². The smallest absolute Gasteiger partial charge is 0.314 e. The van der Waals surface area contributed by atoms with Crippen LogP contribution in [0.1, 0.15) is 19.7 Å². The van der Waals surface area contributed by atoms with Crippen LogP contribution in [0.4, 0.5) is 4.79 Å². The van der Waals surface area contributed by atoms with Crippen molar-refractivity contribution in [3.63, 3.8) is 0 Å². The van der Waals surface area contributed by atoms with Gasteiger partial charge < -0.3 is 15.2 Å². The van der Waals surface area contributed by atoms with Gasteiger partial charge in [0.25, 0.3) is 0 Å². The Morgan fingerprint density at radius 1 is 1.60 bits per heavy atom. The second-order valence-electron chi connectivity index (χ2n) is 3.76. The number of nitrogens with one attached hydrogen (secondary N) is 2. The molecule has 5 nitrogen and oxygen atoms in total. The standard InChI is InChI=1S/C10H18N4O/c1-8(2)13-10(15)12-5-4-9-11-6-7-14(9)3/h6-8H,4-5H2,1-3H3,(H2,12,13,15). The molecule has 5 heteroatoms. The zero-order chi connectivity index (χ0) is 11.3. The van der Waals surface area contributed by atoms with Crippen LogP contribution in [-0.4, -0.2) is 28.2 Å². The number of imidazole rings is 1. The normalized spacial score (nSPS) is 10.4. The second kappa shape index (κ2) is 5.38. The van der Waals surface area contributed by atoms with Crippen molar-refractivity contribution in [3.8, 4) is 0 Å². The van der Waals surface area contributed by atoms with Gasteiger partial charge in [0.15, 0.2) is 0 Å². The summed E-state index contributed by atoms with van der Waals surface area (Å²) < 4.78 is 1.95. The molecule has 2 N–H and O–H groups in total. The van der Waals surface area contributed by atoms with Crippen LogP contribution in [0.2, 0.25) is 0 Å². The molecule has 0 fully saturated rings. The summed E-state index contributed by atoms with van der Waals surface area (Å²) in [5.74, 6) is 0.972. The number of carbonyl (C=O) groups is 1. The highest BCUT2D eigenvalue weighted by Crippen LogP contribution is 1.93. The Morgan fingerprint density at radius 3 is 2.87 bits per heavy atom. The number of hydrogen-bond donors (Lipinski definition) is 2. The van der Waals surface area contributed by atoms with Crippen LogP contribution in [0.25, 0.3) is 0 Å². The first-order valence-corrected chi connectivity index (χ1v) is 5.10. The highest BCUT2D eigenvalue weighted by Gasteiger charge is 2.03. The van der Waals surface area contributed by atoms with Crippen LogP contribution in [0.5, 0.6) is 0 Å². The van der Waals surface area contributed by atoms with E-state index < -0.39 is 0 Å². The Balaban J connectivity index is 2.22. The summed E-state index contributed by atoms with van der Waals surface area (Å²) in [6.07, 6.45) is 4.39. The van der Waals surface area contributed by atoms with E-state index in [2.05, 4.69) is 15.6 Å². The third-order valence-electron chi connectivity index (χ3n) is 1.97. The van der Waals surface area contributed by atoms with Gasteiger partial charge in [-0.2, -0.15) is 0 Å². The summed E-state index contributed by atoms with van der Waals surface area (Å²) in [5, 5.41) is 5.54. The minimum absolute atomic E-state index is 0.126. The summed E-state index contributed by atoms with van der Waals surface area (Å²) in [6.45, 7) is 4.46. The number of amides is 2. The molecule has 0 aliphatic heterocycles. The van der Waals surface area contributed by atoms with Gasteiger partial charge in [-0.3, -0.25) is 0 Å². The summed E-state index contributed by atoms with van der Waals surface area (Å²) in [6, 6.07) is 0.0392. The molecule has 0 atom stereocenters. The van der Waals surface area contributed by atoms with Crippen molar-refractivity contribution in [3.05, 3.63) is 18.2 Å². The van der Waals surface area contributed by atoms with Crippen LogP contribution < -0.4 is 10.6 Å². The van der Waals surface area contributed by atoms with Crippen molar-refractivity contribution in [2.24, 2.45) is 7.05 Å². The highest BCUT2D eigenvalue weighted by molar-refractivity contribution is 5.74. The number of nitrogens with zero attached hydrogens (tertiary/aromatic N) is 2. The molecule has 84 valence electrons.